The Morgan fingerprint density at radius 1 is 0.738 bits per heavy atom. The summed E-state index contributed by atoms with van der Waals surface area (Å²) < 4.78 is 0. The minimum absolute atomic E-state index is 0.0165. The number of amides is 4. The molecule has 1 unspecified atom stereocenters. The molecule has 1 atom stereocenters. The average Bonchev–Trinajstić information content (AvgIpc) is 2.93. The number of hydrogen-bond acceptors (Lipinski definition) is 5. The predicted molar refractivity (Wildman–Crippen MR) is 168 cm³/mol. The van der Waals surface area contributed by atoms with Crippen LogP contribution in [0.3, 0.4) is 0 Å². The molecule has 4 N–H and O–H groups in total. The Morgan fingerprint density at radius 3 is 1.76 bits per heavy atom. The van der Waals surface area contributed by atoms with Crippen LogP contribution < -0.4 is 21.3 Å². The first-order valence-electron chi connectivity index (χ1n) is 14.4. The minimum atomic E-state index is -0.965. The van der Waals surface area contributed by atoms with Gasteiger partial charge in [-0.05, 0) is 41.5 Å². The van der Waals surface area contributed by atoms with Gasteiger partial charge in [-0.15, -0.1) is 0 Å². The molecule has 2 aromatic carbocycles. The monoisotopic (exact) mass is 582 g/mol. The van der Waals surface area contributed by atoms with E-state index in [1.807, 2.05) is 24.3 Å². The van der Waals surface area contributed by atoms with Crippen LogP contribution in [0.15, 0.2) is 54.6 Å². The van der Waals surface area contributed by atoms with Gasteiger partial charge in [0.1, 0.15) is 6.04 Å². The predicted octanol–water partition coefficient (Wildman–Crippen LogP) is 4.30. The first-order valence-corrected chi connectivity index (χ1v) is 14.4. The highest BCUT2D eigenvalue weighted by Gasteiger charge is 2.20. The maximum atomic E-state index is 12.2. The molecule has 0 fully saturated rings. The molecule has 2 aromatic rings. The first-order chi connectivity index (χ1) is 19.6. The van der Waals surface area contributed by atoms with Gasteiger partial charge in [-0.25, -0.2) is 0 Å². The summed E-state index contributed by atoms with van der Waals surface area (Å²) in [6.07, 6.45) is 1.25. The van der Waals surface area contributed by atoms with Crippen LogP contribution in [0.25, 0.3) is 0 Å². The molecule has 0 aliphatic carbocycles. The Hall–Kier alpha value is -4.01. The second-order valence-corrected chi connectivity index (χ2v) is 11.5. The van der Waals surface area contributed by atoms with E-state index in [4.69, 9.17) is 0 Å². The van der Waals surface area contributed by atoms with Gasteiger partial charge in [0.2, 0.25) is 17.6 Å². The van der Waals surface area contributed by atoms with Gasteiger partial charge in [-0.2, -0.15) is 0 Å². The third kappa shape index (κ3) is 16.9. The van der Waals surface area contributed by atoms with Crippen LogP contribution in [0, 0.1) is 5.92 Å². The van der Waals surface area contributed by atoms with E-state index in [-0.39, 0.29) is 18.5 Å². The van der Waals surface area contributed by atoms with E-state index in [0.29, 0.717) is 5.56 Å². The van der Waals surface area contributed by atoms with Crippen LogP contribution in [-0.2, 0) is 31.1 Å². The fourth-order valence-electron chi connectivity index (χ4n) is 3.01. The normalized spacial score (nSPS) is 11.0. The van der Waals surface area contributed by atoms with E-state index < -0.39 is 42.0 Å². The third-order valence-electron chi connectivity index (χ3n) is 5.17. The Bertz CT molecular complexity index is 1120. The summed E-state index contributed by atoms with van der Waals surface area (Å²) in [5.74, 6) is -2.41. The van der Waals surface area contributed by atoms with Gasteiger partial charge in [0.15, 0.2) is 0 Å². The van der Waals surface area contributed by atoms with Crippen LogP contribution in [0.2, 0.25) is 0 Å². The van der Waals surface area contributed by atoms with Crippen molar-refractivity contribution in [2.75, 3.05) is 13.1 Å². The second-order valence-electron chi connectivity index (χ2n) is 11.5. The highest BCUT2D eigenvalue weighted by Crippen LogP contribution is 2.22. The molecular formula is C33H50N4O5. The Labute approximate surface area is 251 Å². The largest absolute Gasteiger partial charge is 0.347 e. The van der Waals surface area contributed by atoms with Gasteiger partial charge >= 0.3 is 0 Å². The minimum Gasteiger partial charge on any atom is -0.347 e. The van der Waals surface area contributed by atoms with E-state index in [1.54, 1.807) is 30.3 Å². The summed E-state index contributed by atoms with van der Waals surface area (Å²) in [5, 5.41) is 9.74. The van der Waals surface area contributed by atoms with Crippen molar-refractivity contribution in [1.82, 2.24) is 21.3 Å². The molecular weight excluding hydrogens is 532 g/mol. The van der Waals surface area contributed by atoms with Gasteiger partial charge in [-0.1, -0.05) is 104 Å². The standard InChI is InChI=1S/C26H32N4O5.C4H10.C3H8/c1-17(30-22(32)16-29-24(34)19-8-6-5-7-9-19)23(33)28-15-21(31)25(35)27-14-18-10-12-20(13-11-18)26(2,3)4;1-4(2)3;1-3-2/h5-13,17H,14-16H2,1-4H3,(H,27,35)(H,28,33)(H,29,34)(H,30,32);4H,1-3H3;3H2,1-2H3. The summed E-state index contributed by atoms with van der Waals surface area (Å²) in [6.45, 7) is 17.9. The molecule has 9 heteroatoms. The lowest BCUT2D eigenvalue weighted by Gasteiger charge is -2.19. The quantitative estimate of drug-likeness (QED) is 0.310. The van der Waals surface area contributed by atoms with Crippen LogP contribution in [-0.4, -0.2) is 48.5 Å². The fourth-order valence-corrected chi connectivity index (χ4v) is 3.01. The number of benzene rings is 2. The molecule has 0 bridgehead atoms. The Morgan fingerprint density at radius 2 is 1.26 bits per heavy atom. The third-order valence-corrected chi connectivity index (χ3v) is 5.17. The molecule has 0 heterocycles. The molecule has 2 rings (SSSR count). The van der Waals surface area contributed by atoms with Crippen molar-refractivity contribution in [3.63, 3.8) is 0 Å². The molecule has 0 radical (unpaired) electrons. The molecule has 9 nitrogen and oxygen atoms in total. The fraction of sp³-hybridized carbons (Fsp3) is 0.485. The first kappa shape index (κ1) is 38.0. The smallest absolute Gasteiger partial charge is 0.289 e. The van der Waals surface area contributed by atoms with Gasteiger partial charge in [0.05, 0.1) is 13.1 Å². The van der Waals surface area contributed by atoms with Crippen molar-refractivity contribution < 1.29 is 24.0 Å². The lowest BCUT2D eigenvalue weighted by molar-refractivity contribution is -0.138. The highest BCUT2D eigenvalue weighted by atomic mass is 16.2. The molecule has 4 amide bonds. The van der Waals surface area contributed by atoms with E-state index in [1.165, 1.54) is 13.3 Å². The molecule has 0 aliphatic rings. The lowest BCUT2D eigenvalue weighted by atomic mass is 9.87. The van der Waals surface area contributed by atoms with Crippen molar-refractivity contribution in [2.45, 2.75) is 86.7 Å². The number of nitrogens with one attached hydrogen (secondary N) is 4. The zero-order valence-electron chi connectivity index (χ0n) is 26.7. The van der Waals surface area contributed by atoms with Crippen LogP contribution >= 0.6 is 0 Å². The van der Waals surface area contributed by atoms with Crippen molar-refractivity contribution in [1.29, 1.82) is 0 Å². The molecule has 42 heavy (non-hydrogen) atoms. The van der Waals surface area contributed by atoms with E-state index in [9.17, 15) is 24.0 Å². The number of Topliss-reactive ketones (excluding diaryl/α,β-unsaturated/α-hetero) is 1. The molecule has 232 valence electrons. The van der Waals surface area contributed by atoms with Crippen LogP contribution in [0.1, 0.15) is 90.2 Å². The van der Waals surface area contributed by atoms with Gasteiger partial charge in [-0.3, -0.25) is 24.0 Å². The summed E-state index contributed by atoms with van der Waals surface area (Å²) in [4.78, 5) is 60.2. The summed E-state index contributed by atoms with van der Waals surface area (Å²) in [6, 6.07) is 15.2. The maximum Gasteiger partial charge on any atom is 0.289 e. The van der Waals surface area contributed by atoms with Crippen molar-refractivity contribution in [3.05, 3.63) is 71.3 Å². The van der Waals surface area contributed by atoms with Gasteiger partial charge < -0.3 is 21.3 Å². The second kappa shape index (κ2) is 20.0. The number of ketones is 1. The van der Waals surface area contributed by atoms with Crippen LogP contribution in [0.4, 0.5) is 0 Å². The SMILES string of the molecule is CC(C)C.CC(NC(=O)CNC(=O)c1ccccc1)C(=O)NCC(=O)C(=O)NCc1ccc(C(C)(C)C)cc1.CCC. The average molecular weight is 583 g/mol. The number of rotatable bonds is 10. The van der Waals surface area contributed by atoms with E-state index >= 15 is 0 Å². The van der Waals surface area contributed by atoms with Crippen LogP contribution in [0.5, 0.6) is 0 Å². The van der Waals surface area contributed by atoms with Gasteiger partial charge in [0.25, 0.3) is 11.8 Å². The molecule has 0 aliphatic heterocycles. The Kier molecular flexibility index (Phi) is 18.1. The van der Waals surface area contributed by atoms with Crippen molar-refractivity contribution in [3.8, 4) is 0 Å². The zero-order chi connectivity index (χ0) is 32.3. The van der Waals surface area contributed by atoms with Crippen molar-refractivity contribution >= 4 is 29.4 Å². The number of carbonyl (C=O) groups is 5. The molecule has 0 saturated heterocycles. The summed E-state index contributed by atoms with van der Waals surface area (Å²) >= 11 is 0. The van der Waals surface area contributed by atoms with E-state index in [0.717, 1.165) is 17.0 Å². The summed E-state index contributed by atoms with van der Waals surface area (Å²) in [7, 11) is 0. The highest BCUT2D eigenvalue weighted by molar-refractivity contribution is 6.37. The number of hydrogen-bond donors (Lipinski definition) is 4. The Balaban J connectivity index is 0.00000216. The molecule has 0 saturated carbocycles. The molecule has 0 aromatic heterocycles. The maximum absolute atomic E-state index is 12.2. The van der Waals surface area contributed by atoms with Gasteiger partial charge in [0, 0.05) is 12.1 Å². The summed E-state index contributed by atoms with van der Waals surface area (Å²) in [5.41, 5.74) is 2.43. The van der Waals surface area contributed by atoms with Crippen molar-refractivity contribution in [2.24, 2.45) is 5.92 Å². The lowest BCUT2D eigenvalue weighted by Crippen LogP contribution is -2.49. The van der Waals surface area contributed by atoms with E-state index in [2.05, 4.69) is 76.7 Å². The number of carbonyl (C=O) groups excluding carboxylic acids is 5. The zero-order valence-corrected chi connectivity index (χ0v) is 26.7. The topological polar surface area (TPSA) is 133 Å². The molecule has 0 spiro atoms.